The second-order valence-corrected chi connectivity index (χ2v) is 68.1. The summed E-state index contributed by atoms with van der Waals surface area (Å²) in [6.45, 7) is 53.0. The van der Waals surface area contributed by atoms with Gasteiger partial charge in [0.25, 0.3) is 20.1 Å². The van der Waals surface area contributed by atoms with E-state index in [1.54, 1.807) is 0 Å². The molecule has 6 heterocycles. The molecule has 21 rings (SSSR count). The molecule has 0 N–H and O–H groups in total. The van der Waals surface area contributed by atoms with Crippen LogP contribution < -0.4 is 104 Å². The van der Waals surface area contributed by atoms with Crippen molar-refractivity contribution in [1.82, 2.24) is 0 Å². The van der Waals surface area contributed by atoms with E-state index in [1.165, 1.54) is 205 Å². The fourth-order valence-corrected chi connectivity index (χ4v) is 27.7. The van der Waals surface area contributed by atoms with Crippen LogP contribution >= 0.6 is 0 Å². The van der Waals surface area contributed by atoms with Gasteiger partial charge in [0, 0.05) is 108 Å². The Kier molecular flexibility index (Phi) is 19.3. The predicted molar refractivity (Wildman–Crippen MR) is 570 cm³/mol. The molecule has 0 aliphatic carbocycles. The molecule has 0 saturated heterocycles. The third kappa shape index (κ3) is 13.5. The lowest BCUT2D eigenvalue weighted by atomic mass is 9.32. The Morgan fingerprint density at radius 3 is 0.598 bits per heavy atom. The largest absolute Gasteiger partial charge is 0.311 e. The molecule has 14 heteroatoms. The van der Waals surface area contributed by atoms with Crippen molar-refractivity contribution >= 4 is 238 Å². The second-order valence-electron chi connectivity index (χ2n) is 42.7. The highest BCUT2D eigenvalue weighted by Crippen LogP contribution is 2.57. The quantitative estimate of drug-likeness (QED) is 0.0793. The molecule has 15 aromatic carbocycles. The molecular weight excluding hydrogens is 1610 g/mol. The van der Waals surface area contributed by atoms with Crippen LogP contribution in [0, 0.1) is 48.5 Å². The van der Waals surface area contributed by atoms with Crippen LogP contribution in [0.3, 0.4) is 0 Å². The van der Waals surface area contributed by atoms with Gasteiger partial charge in [0.2, 0.25) is 0 Å². The van der Waals surface area contributed by atoms with Crippen molar-refractivity contribution in [3.63, 3.8) is 0 Å². The van der Waals surface area contributed by atoms with Gasteiger partial charge >= 0.3 is 0 Å². The smallest absolute Gasteiger partial charge is 0.252 e. The molecule has 0 bridgehead atoms. The minimum atomic E-state index is -2.01. The van der Waals surface area contributed by atoms with E-state index in [1.807, 2.05) is 0 Å². The number of aryl methyl sites for hydroxylation is 7. The van der Waals surface area contributed by atoms with Crippen molar-refractivity contribution in [3.8, 4) is 0 Å². The van der Waals surface area contributed by atoms with Gasteiger partial charge in [-0.1, -0.05) is 327 Å². The summed E-state index contributed by atoms with van der Waals surface area (Å²) in [6.07, 6.45) is 0. The summed E-state index contributed by atoms with van der Waals surface area (Å²) in [5.74, 6) is -0.538. The van der Waals surface area contributed by atoms with Crippen molar-refractivity contribution in [2.24, 2.45) is 0 Å². The zero-order valence-corrected chi connectivity index (χ0v) is 83.2. The summed E-state index contributed by atoms with van der Waals surface area (Å²) in [5.41, 5.74) is 45.6. The Morgan fingerprint density at radius 1 is 0.181 bits per heavy atom. The van der Waals surface area contributed by atoms with Crippen LogP contribution in [0.1, 0.15) is 61.6 Å². The molecule has 6 aliphatic heterocycles. The number of hydrogen-bond donors (Lipinski definition) is 0. The molecular formula is C113H115B3N6Si5. The number of rotatable bonds is 14. The Bertz CT molecular complexity index is 7010. The van der Waals surface area contributed by atoms with Crippen LogP contribution in [0.25, 0.3) is 0 Å². The number of anilines is 18. The van der Waals surface area contributed by atoms with Crippen molar-refractivity contribution in [3.05, 3.63) is 347 Å². The van der Waals surface area contributed by atoms with Gasteiger partial charge in [-0.15, -0.1) is 0 Å². The van der Waals surface area contributed by atoms with E-state index in [0.29, 0.717) is 0 Å². The van der Waals surface area contributed by atoms with E-state index >= 15 is 0 Å². The number of fused-ring (bicyclic) bond motifs is 12. The van der Waals surface area contributed by atoms with E-state index in [9.17, 15) is 0 Å². The van der Waals surface area contributed by atoms with Crippen molar-refractivity contribution in [2.75, 3.05) is 29.4 Å². The Morgan fingerprint density at radius 2 is 0.362 bits per heavy atom. The van der Waals surface area contributed by atoms with Gasteiger partial charge in [0.05, 0.1) is 40.4 Å². The highest BCUT2D eigenvalue weighted by Gasteiger charge is 2.52. The first-order valence-corrected chi connectivity index (χ1v) is 63.6. The lowest BCUT2D eigenvalue weighted by molar-refractivity contribution is 0.962. The van der Waals surface area contributed by atoms with E-state index in [2.05, 4.69) is 467 Å². The molecule has 127 heavy (non-hydrogen) atoms. The van der Waals surface area contributed by atoms with E-state index in [4.69, 9.17) is 0 Å². The fourth-order valence-electron chi connectivity index (χ4n) is 21.8. The molecule has 0 saturated carbocycles. The molecule has 0 aromatic heterocycles. The molecule has 1 unspecified atom stereocenters. The first kappa shape index (κ1) is 82.4. The average Bonchev–Trinajstić information content (AvgIpc) is 0.681. The lowest BCUT2D eigenvalue weighted by Crippen LogP contribution is -2.63. The maximum atomic E-state index is 2.78. The highest BCUT2D eigenvalue weighted by molar-refractivity contribution is 7.03. The van der Waals surface area contributed by atoms with Gasteiger partial charge < -0.3 is 29.4 Å². The van der Waals surface area contributed by atoms with E-state index in [-0.39, 0.29) is 20.1 Å². The zero-order valence-electron chi connectivity index (χ0n) is 78.2. The van der Waals surface area contributed by atoms with Crippen LogP contribution in [0.4, 0.5) is 102 Å². The standard InChI is InChI=1S/C113H115B3N6Si5/c1-71-23-33-78(34-24-71)117-98-56-29-74(4)65-92(98)114-95-68-77(7)32-59-102(95)122(83-43-49-86(50-44-83)125(14,15)16)112-90(53-62-104(117)108(112)114)107(89-54-63-105-109-111(89)120(81-35-25-72(2)26-36-81)101-58-31-76(6)67-94(101)115(109)93-66-75(5)30-57-99(93)118(105)79-39-45-84(46-40-79)123(8,9)10)91-55-64-106-110-113(91)121(82-37-27-73(3)28-38-82)103-61-52-88(127(20,21)22)70-97(103)116(110)96-69-87(126(17,18)19)51-60-100(96)119(106)80-41-47-85(48-42-80)124(11,12)13/h23-70,107H,1-22H3. The summed E-state index contributed by atoms with van der Waals surface area (Å²) in [6, 6.07) is 119. The average molecular weight is 1730 g/mol. The Labute approximate surface area is 761 Å². The van der Waals surface area contributed by atoms with Crippen LogP contribution in [0.5, 0.6) is 0 Å². The van der Waals surface area contributed by atoms with Crippen LogP contribution in [-0.2, 0) is 0 Å². The number of benzene rings is 15. The maximum Gasteiger partial charge on any atom is 0.252 e. The summed E-state index contributed by atoms with van der Waals surface area (Å²) in [4.78, 5) is 16.3. The van der Waals surface area contributed by atoms with Gasteiger partial charge in [-0.25, -0.2) is 0 Å². The number of hydrogen-bond acceptors (Lipinski definition) is 6. The summed E-state index contributed by atoms with van der Waals surface area (Å²) >= 11 is 0. The van der Waals surface area contributed by atoms with Gasteiger partial charge in [-0.3, -0.25) is 0 Å². The monoisotopic (exact) mass is 1730 g/mol. The normalized spacial score (nSPS) is 14.4. The molecule has 6 aliphatic rings. The van der Waals surface area contributed by atoms with Crippen LogP contribution in [0.2, 0.25) is 98.2 Å². The molecule has 0 radical (unpaired) electrons. The topological polar surface area (TPSA) is 19.4 Å². The molecule has 0 amide bonds. The Hall–Kier alpha value is -11.6. The third-order valence-electron chi connectivity index (χ3n) is 28.6. The van der Waals surface area contributed by atoms with Crippen molar-refractivity contribution in [1.29, 1.82) is 0 Å². The third-order valence-corrected chi connectivity index (χ3v) is 38.8. The fraction of sp³-hybridized carbons (Fsp3) is 0.204. The lowest BCUT2D eigenvalue weighted by Gasteiger charge is -2.48. The molecule has 1 atom stereocenters. The van der Waals surface area contributed by atoms with Gasteiger partial charge in [0.15, 0.2) is 0 Å². The SMILES string of the molecule is Cc1ccc(N2c3ccc(C)cc3B3c4cc(C)ccc4N(c4ccc([Si](C)(C)C)cc4)c4c(C(c5ccc6c7c5N(c5ccc(C)cc5)c5ccc(C)cc5B7c5cc(C)ccc5N6c5ccc([Si](C)(C)C)cc5)c5ccc6c7c5N(c5ccc(C)cc5)c5ccc([Si](C)(C)C)cc5B7c5cc([Si](C)(C)C)ccc5N6c5ccc([Si](C)(C)C)cc5)ccc2c43)cc1. The first-order chi connectivity index (χ1) is 60.5. The first-order valence-electron chi connectivity index (χ1n) is 46.1. The number of nitrogens with zero attached hydrogens (tertiary/aromatic N) is 6. The molecule has 626 valence electrons. The molecule has 6 nitrogen and oxygen atoms in total. The summed E-state index contributed by atoms with van der Waals surface area (Å²) in [5, 5.41) is 7.25. The second kappa shape index (κ2) is 29.7. The Balaban J connectivity index is 0.990. The van der Waals surface area contributed by atoms with Gasteiger partial charge in [-0.05, 0) is 242 Å². The minimum Gasteiger partial charge on any atom is -0.311 e. The van der Waals surface area contributed by atoms with Crippen LogP contribution in [-0.4, -0.2) is 60.5 Å². The maximum absolute atomic E-state index is 2.78. The van der Waals surface area contributed by atoms with Crippen LogP contribution in [0.15, 0.2) is 291 Å². The predicted octanol–water partition coefficient (Wildman–Crippen LogP) is 22.0. The van der Waals surface area contributed by atoms with Crippen molar-refractivity contribution in [2.45, 2.75) is 153 Å². The van der Waals surface area contributed by atoms with E-state index in [0.717, 1.165) is 28.4 Å². The van der Waals surface area contributed by atoms with Crippen molar-refractivity contribution < 1.29 is 0 Å². The molecule has 15 aromatic rings. The minimum absolute atomic E-state index is 0.179. The zero-order chi connectivity index (χ0) is 88.5. The van der Waals surface area contributed by atoms with E-state index < -0.39 is 46.3 Å². The molecule has 0 fully saturated rings. The highest BCUT2D eigenvalue weighted by atomic mass is 28.3. The van der Waals surface area contributed by atoms with Gasteiger partial charge in [0.1, 0.15) is 0 Å². The summed E-state index contributed by atoms with van der Waals surface area (Å²) < 4.78 is 0. The molecule has 0 spiro atoms. The summed E-state index contributed by atoms with van der Waals surface area (Å²) in [7, 11) is -9.35. The van der Waals surface area contributed by atoms with Gasteiger partial charge in [-0.2, -0.15) is 0 Å².